The number of amides is 2. The molecular weight excluding hydrogens is 730 g/mol. The Morgan fingerprint density at radius 2 is 1.64 bits per heavy atom. The minimum Gasteiger partial charge on any atom is -0.477 e. The number of carbonyl (C=O) groups excluding carboxylic acids is 2. The van der Waals surface area contributed by atoms with Gasteiger partial charge in [-0.2, -0.15) is 0 Å². The highest BCUT2D eigenvalue weighted by molar-refractivity contribution is 6.19. The van der Waals surface area contributed by atoms with Crippen LogP contribution < -0.4 is 20.2 Å². The molecule has 4 aromatic heterocycles. The Morgan fingerprint density at radius 1 is 0.964 bits per heavy atom. The van der Waals surface area contributed by atoms with Crippen molar-refractivity contribution in [1.82, 2.24) is 24.5 Å². The molecule has 5 aromatic rings. The number of nitrogens with one attached hydrogen (secondary N) is 1. The number of aromatic amines is 1. The SMILES string of the molecule is CN1C[C@@H]2CCN(c3c(-c4cnc5c(c4)c(=O)c(C(=O)O)cn5N(C)C(=O)OC(C)(C)C)cnc4[nH]c5c(N(C)C(=O)OC(C)(C)C)cc(F)c(F)c5c34)[C@@H]2C1. The summed E-state index contributed by atoms with van der Waals surface area (Å²) in [4.78, 5) is 70.3. The smallest absolute Gasteiger partial charge is 0.429 e. The Kier molecular flexibility index (Phi) is 9.21. The summed E-state index contributed by atoms with van der Waals surface area (Å²) < 4.78 is 44.2. The van der Waals surface area contributed by atoms with Crippen LogP contribution in [-0.4, -0.2) is 106 Å². The lowest BCUT2D eigenvalue weighted by Gasteiger charge is -2.29. The standard InChI is InChI=1S/C39H44F2N8O7/c1-38(2,3)55-36(53)46(8)25-13-24(40)29(41)27-28-31(48-11-10-19-16-45(7)18-26(19)48)22(15-42-33(28)44-30(25)27)20-12-21-32(50)23(35(51)52)17-49(34(21)43-14-20)47(9)37(54)56-39(4,5)6/h12-15,17,19,26H,10-11,16,18H2,1-9H3,(H,42,44)(H,51,52)/t19-,26+/m0/s1. The molecule has 2 aliphatic heterocycles. The lowest BCUT2D eigenvalue weighted by molar-refractivity contribution is 0.0547. The number of fused-ring (bicyclic) bond motifs is 5. The van der Waals surface area contributed by atoms with Crippen LogP contribution in [-0.2, 0) is 9.47 Å². The van der Waals surface area contributed by atoms with Crippen molar-refractivity contribution >= 4 is 62.5 Å². The first-order valence-electron chi connectivity index (χ1n) is 18.2. The van der Waals surface area contributed by atoms with Crippen LogP contribution in [0.3, 0.4) is 0 Å². The summed E-state index contributed by atoms with van der Waals surface area (Å²) in [7, 11) is 4.78. The molecule has 2 N–H and O–H groups in total. The first kappa shape index (κ1) is 38.4. The maximum atomic E-state index is 16.3. The van der Waals surface area contributed by atoms with Crippen LogP contribution in [0, 0.1) is 17.6 Å². The van der Waals surface area contributed by atoms with Crippen LogP contribution in [0.25, 0.3) is 44.1 Å². The van der Waals surface area contributed by atoms with E-state index in [-0.39, 0.29) is 50.6 Å². The molecule has 7 rings (SSSR count). The number of benzene rings is 1. The third-order valence-corrected chi connectivity index (χ3v) is 10.1. The zero-order valence-electron chi connectivity index (χ0n) is 32.7. The van der Waals surface area contributed by atoms with Crippen LogP contribution in [0.5, 0.6) is 0 Å². The second kappa shape index (κ2) is 13.4. The maximum absolute atomic E-state index is 16.3. The topological polar surface area (TPSA) is 166 Å². The summed E-state index contributed by atoms with van der Waals surface area (Å²) in [5.41, 5.74) is -1.61. The number of aromatic nitrogens is 4. The van der Waals surface area contributed by atoms with E-state index in [1.54, 1.807) is 47.7 Å². The van der Waals surface area contributed by atoms with E-state index in [4.69, 9.17) is 9.47 Å². The maximum Gasteiger partial charge on any atom is 0.429 e. The highest BCUT2D eigenvalue weighted by atomic mass is 19.2. The van der Waals surface area contributed by atoms with Crippen LogP contribution in [0.1, 0.15) is 58.3 Å². The Bertz CT molecular complexity index is 2520. The fourth-order valence-corrected chi connectivity index (χ4v) is 7.72. The van der Waals surface area contributed by atoms with E-state index in [1.807, 2.05) is 7.05 Å². The Morgan fingerprint density at radius 3 is 2.30 bits per heavy atom. The van der Waals surface area contributed by atoms with Gasteiger partial charge in [0.2, 0.25) is 5.43 Å². The van der Waals surface area contributed by atoms with Gasteiger partial charge in [-0.1, -0.05) is 0 Å². The number of nitrogens with zero attached hydrogens (tertiary/aromatic N) is 7. The molecule has 0 unspecified atom stereocenters. The number of hydrogen-bond acceptors (Lipinski definition) is 10. The summed E-state index contributed by atoms with van der Waals surface area (Å²) in [6, 6.07) is 2.38. The van der Waals surface area contributed by atoms with Gasteiger partial charge in [0.1, 0.15) is 22.4 Å². The third-order valence-electron chi connectivity index (χ3n) is 10.1. The van der Waals surface area contributed by atoms with Crippen molar-refractivity contribution in [2.45, 2.75) is 65.2 Å². The second-order valence-corrected chi connectivity index (χ2v) is 16.5. The molecule has 0 radical (unpaired) electrons. The molecule has 15 nitrogen and oxygen atoms in total. The van der Waals surface area contributed by atoms with E-state index < -0.39 is 52.0 Å². The molecule has 2 saturated heterocycles. The Labute approximate surface area is 320 Å². The number of halogens is 2. The van der Waals surface area contributed by atoms with Crippen molar-refractivity contribution in [3.05, 3.63) is 58.1 Å². The van der Waals surface area contributed by atoms with Gasteiger partial charge in [0.15, 0.2) is 17.3 Å². The van der Waals surface area contributed by atoms with Crippen LogP contribution in [0.15, 0.2) is 35.5 Å². The number of ether oxygens (including phenoxy) is 2. The number of carboxylic acids is 1. The number of carbonyl (C=O) groups is 3. The molecule has 0 spiro atoms. The summed E-state index contributed by atoms with van der Waals surface area (Å²) in [5, 5.41) is 11.1. The lowest BCUT2D eigenvalue weighted by Crippen LogP contribution is -2.42. The average molecular weight is 775 g/mol. The van der Waals surface area contributed by atoms with Crippen molar-refractivity contribution in [2.24, 2.45) is 5.92 Å². The van der Waals surface area contributed by atoms with Crippen LogP contribution >= 0.6 is 0 Å². The fraction of sp³-hybridized carbons (Fsp3) is 0.436. The highest BCUT2D eigenvalue weighted by Crippen LogP contribution is 2.47. The molecule has 2 amide bonds. The van der Waals surface area contributed by atoms with Gasteiger partial charge in [-0.3, -0.25) is 9.69 Å². The zero-order valence-corrected chi connectivity index (χ0v) is 32.7. The lowest BCUT2D eigenvalue weighted by atomic mass is 9.99. The van der Waals surface area contributed by atoms with Gasteiger partial charge in [-0.05, 0) is 67.0 Å². The van der Waals surface area contributed by atoms with Crippen molar-refractivity contribution in [1.29, 1.82) is 0 Å². The molecular formula is C39H44F2N8O7. The van der Waals surface area contributed by atoms with E-state index in [2.05, 4.69) is 24.8 Å². The summed E-state index contributed by atoms with van der Waals surface area (Å²) in [6.45, 7) is 12.2. The van der Waals surface area contributed by atoms with Gasteiger partial charge in [-0.25, -0.2) is 42.8 Å². The first-order chi connectivity index (χ1) is 26.1. The predicted molar refractivity (Wildman–Crippen MR) is 207 cm³/mol. The van der Waals surface area contributed by atoms with E-state index in [0.717, 1.165) is 39.8 Å². The minimum absolute atomic E-state index is 0.0124. The van der Waals surface area contributed by atoms with Crippen LogP contribution in [0.2, 0.25) is 0 Å². The number of likely N-dealkylation sites (N-methyl/N-ethyl adjacent to an activating group) is 1. The van der Waals surface area contributed by atoms with E-state index in [0.29, 0.717) is 29.9 Å². The number of aromatic carboxylic acids is 1. The molecule has 0 aliphatic carbocycles. The molecule has 296 valence electrons. The number of H-pyrrole nitrogens is 1. The normalized spacial score (nSPS) is 17.5. The summed E-state index contributed by atoms with van der Waals surface area (Å²) in [6.07, 6.45) is 3.23. The Balaban J connectivity index is 1.50. The molecule has 17 heteroatoms. The largest absolute Gasteiger partial charge is 0.477 e. The van der Waals surface area contributed by atoms with Gasteiger partial charge in [-0.15, -0.1) is 0 Å². The van der Waals surface area contributed by atoms with E-state index >= 15 is 8.78 Å². The molecule has 6 heterocycles. The summed E-state index contributed by atoms with van der Waals surface area (Å²) >= 11 is 0. The van der Waals surface area contributed by atoms with Crippen molar-refractivity contribution in [2.75, 3.05) is 55.6 Å². The molecule has 2 aliphatic rings. The first-order valence-corrected chi connectivity index (χ1v) is 18.2. The van der Waals surface area contributed by atoms with E-state index in [1.165, 1.54) is 26.4 Å². The van der Waals surface area contributed by atoms with Gasteiger partial charge in [0.25, 0.3) is 0 Å². The molecule has 1 aromatic carbocycles. The predicted octanol–water partition coefficient (Wildman–Crippen LogP) is 6.08. The average Bonchev–Trinajstić information content (AvgIpc) is 3.79. The summed E-state index contributed by atoms with van der Waals surface area (Å²) in [5.74, 6) is -3.58. The van der Waals surface area contributed by atoms with Gasteiger partial charge in [0, 0.05) is 75.6 Å². The third kappa shape index (κ3) is 6.62. The number of hydrogen-bond donors (Lipinski definition) is 2. The number of likely N-dealkylation sites (tertiary alicyclic amines) is 1. The van der Waals surface area contributed by atoms with Gasteiger partial charge in [0.05, 0.1) is 33.1 Å². The minimum atomic E-state index is -1.52. The zero-order chi connectivity index (χ0) is 40.8. The van der Waals surface area contributed by atoms with Crippen molar-refractivity contribution < 1.29 is 37.7 Å². The highest BCUT2D eigenvalue weighted by Gasteiger charge is 2.42. The van der Waals surface area contributed by atoms with Crippen LogP contribution in [0.4, 0.5) is 29.7 Å². The fourth-order valence-electron chi connectivity index (χ4n) is 7.72. The number of pyridine rings is 3. The van der Waals surface area contributed by atoms with Crippen molar-refractivity contribution in [3.63, 3.8) is 0 Å². The van der Waals surface area contributed by atoms with Gasteiger partial charge < -0.3 is 29.4 Å². The van der Waals surface area contributed by atoms with Crippen molar-refractivity contribution in [3.8, 4) is 11.1 Å². The molecule has 0 saturated carbocycles. The van der Waals surface area contributed by atoms with Gasteiger partial charge >= 0.3 is 18.2 Å². The van der Waals surface area contributed by atoms with E-state index in [9.17, 15) is 24.3 Å². The Hall–Kier alpha value is -5.84. The number of rotatable bonds is 5. The number of carboxylic acid groups (broad SMARTS) is 1. The molecule has 2 fully saturated rings. The monoisotopic (exact) mass is 774 g/mol. The second-order valence-electron chi connectivity index (χ2n) is 16.5. The number of anilines is 2. The molecule has 2 atom stereocenters. The molecule has 56 heavy (non-hydrogen) atoms. The quantitative estimate of drug-likeness (QED) is 0.212. The molecule has 0 bridgehead atoms.